The third-order valence-corrected chi connectivity index (χ3v) is 2.02. The summed E-state index contributed by atoms with van der Waals surface area (Å²) in [6.07, 6.45) is -1.08. The zero-order valence-electron chi connectivity index (χ0n) is 8.93. The first kappa shape index (κ1) is 12.0. The SMILES string of the molecule is Cc1ccc(C(=O)O)c(OC(C)C(=O)O)c1. The van der Waals surface area contributed by atoms with E-state index in [2.05, 4.69) is 0 Å². The van der Waals surface area contributed by atoms with Crippen molar-refractivity contribution < 1.29 is 24.5 Å². The second-order valence-electron chi connectivity index (χ2n) is 3.40. The van der Waals surface area contributed by atoms with E-state index in [0.29, 0.717) is 0 Å². The molecule has 0 amide bonds. The Morgan fingerprint density at radius 2 is 1.94 bits per heavy atom. The highest BCUT2D eigenvalue weighted by Crippen LogP contribution is 2.21. The molecule has 1 rings (SSSR count). The number of carboxylic acid groups (broad SMARTS) is 2. The van der Waals surface area contributed by atoms with Gasteiger partial charge in [-0.2, -0.15) is 0 Å². The molecule has 5 nitrogen and oxygen atoms in total. The van der Waals surface area contributed by atoms with E-state index in [-0.39, 0.29) is 11.3 Å². The van der Waals surface area contributed by atoms with Gasteiger partial charge in [-0.05, 0) is 31.5 Å². The minimum absolute atomic E-state index is 0.0429. The second-order valence-corrected chi connectivity index (χ2v) is 3.40. The average molecular weight is 224 g/mol. The highest BCUT2D eigenvalue weighted by atomic mass is 16.5. The summed E-state index contributed by atoms with van der Waals surface area (Å²) in [6, 6.07) is 4.52. The number of aliphatic carboxylic acids is 1. The van der Waals surface area contributed by atoms with Crippen molar-refractivity contribution in [2.24, 2.45) is 0 Å². The van der Waals surface area contributed by atoms with Crippen molar-refractivity contribution in [2.75, 3.05) is 0 Å². The molecule has 86 valence electrons. The Kier molecular flexibility index (Phi) is 3.50. The van der Waals surface area contributed by atoms with Gasteiger partial charge in [-0.15, -0.1) is 0 Å². The molecule has 1 unspecified atom stereocenters. The normalized spacial score (nSPS) is 11.9. The molecule has 0 saturated heterocycles. The molecule has 0 aromatic heterocycles. The molecule has 2 N–H and O–H groups in total. The van der Waals surface area contributed by atoms with Gasteiger partial charge in [0.15, 0.2) is 6.10 Å². The molecule has 16 heavy (non-hydrogen) atoms. The largest absolute Gasteiger partial charge is 0.479 e. The summed E-state index contributed by atoms with van der Waals surface area (Å²) in [5, 5.41) is 17.6. The molecule has 0 fully saturated rings. The van der Waals surface area contributed by atoms with Gasteiger partial charge in [0.1, 0.15) is 11.3 Å². The van der Waals surface area contributed by atoms with E-state index in [1.165, 1.54) is 19.1 Å². The Morgan fingerprint density at radius 1 is 1.31 bits per heavy atom. The van der Waals surface area contributed by atoms with Gasteiger partial charge in [0.25, 0.3) is 0 Å². The number of hydrogen-bond donors (Lipinski definition) is 2. The average Bonchev–Trinajstić information content (AvgIpc) is 2.16. The predicted octanol–water partition coefficient (Wildman–Crippen LogP) is 1.55. The summed E-state index contributed by atoms with van der Waals surface area (Å²) in [4.78, 5) is 21.5. The zero-order valence-corrected chi connectivity index (χ0v) is 8.93. The van der Waals surface area contributed by atoms with Crippen LogP contribution in [0.4, 0.5) is 0 Å². The van der Waals surface area contributed by atoms with E-state index in [4.69, 9.17) is 14.9 Å². The fourth-order valence-corrected chi connectivity index (χ4v) is 1.14. The van der Waals surface area contributed by atoms with Crippen LogP contribution in [-0.4, -0.2) is 28.3 Å². The molecule has 0 aliphatic heterocycles. The maximum absolute atomic E-state index is 10.9. The van der Waals surface area contributed by atoms with Crippen LogP contribution >= 0.6 is 0 Å². The van der Waals surface area contributed by atoms with Crippen LogP contribution in [0.2, 0.25) is 0 Å². The number of aryl methyl sites for hydroxylation is 1. The fourth-order valence-electron chi connectivity index (χ4n) is 1.14. The first-order valence-corrected chi connectivity index (χ1v) is 4.65. The summed E-state index contributed by atoms with van der Waals surface area (Å²) in [6.45, 7) is 3.11. The third kappa shape index (κ3) is 2.73. The second kappa shape index (κ2) is 4.65. The Bertz CT molecular complexity index is 424. The number of carbonyl (C=O) groups is 2. The quantitative estimate of drug-likeness (QED) is 0.810. The van der Waals surface area contributed by atoms with Crippen molar-refractivity contribution in [3.63, 3.8) is 0 Å². The van der Waals surface area contributed by atoms with Crippen LogP contribution in [0.25, 0.3) is 0 Å². The van der Waals surface area contributed by atoms with Crippen molar-refractivity contribution in [2.45, 2.75) is 20.0 Å². The lowest BCUT2D eigenvalue weighted by atomic mass is 10.1. The first-order chi connectivity index (χ1) is 7.41. The molecule has 0 heterocycles. The molecule has 1 atom stereocenters. The van der Waals surface area contributed by atoms with Gasteiger partial charge in [0.05, 0.1) is 0 Å². The first-order valence-electron chi connectivity index (χ1n) is 4.65. The third-order valence-electron chi connectivity index (χ3n) is 2.02. The summed E-state index contributed by atoms with van der Waals surface area (Å²) in [5.41, 5.74) is 0.760. The van der Waals surface area contributed by atoms with Crippen LogP contribution in [-0.2, 0) is 4.79 Å². The molecule has 0 spiro atoms. The number of ether oxygens (including phenoxy) is 1. The minimum Gasteiger partial charge on any atom is -0.479 e. The molecule has 0 radical (unpaired) electrons. The lowest BCUT2D eigenvalue weighted by molar-refractivity contribution is -0.144. The summed E-state index contributed by atoms with van der Waals surface area (Å²) >= 11 is 0. The van der Waals surface area contributed by atoms with Gasteiger partial charge < -0.3 is 14.9 Å². The minimum atomic E-state index is -1.15. The van der Waals surface area contributed by atoms with E-state index >= 15 is 0 Å². The highest BCUT2D eigenvalue weighted by molar-refractivity contribution is 5.91. The topological polar surface area (TPSA) is 83.8 Å². The number of rotatable bonds is 4. The molecular formula is C11H12O5. The van der Waals surface area contributed by atoms with Crippen LogP contribution < -0.4 is 4.74 Å². The Hall–Kier alpha value is -2.04. The molecular weight excluding hydrogens is 212 g/mol. The summed E-state index contributed by atoms with van der Waals surface area (Å²) in [5.74, 6) is -2.21. The van der Waals surface area contributed by atoms with E-state index in [0.717, 1.165) is 5.56 Å². The van der Waals surface area contributed by atoms with Gasteiger partial charge in [-0.1, -0.05) is 6.07 Å². The van der Waals surface area contributed by atoms with E-state index in [1.807, 2.05) is 0 Å². The molecule has 5 heteroatoms. The van der Waals surface area contributed by atoms with Crippen molar-refractivity contribution in [3.8, 4) is 5.75 Å². The van der Waals surface area contributed by atoms with Crippen molar-refractivity contribution in [1.82, 2.24) is 0 Å². The number of benzene rings is 1. The Labute approximate surface area is 92.3 Å². The molecule has 0 aliphatic carbocycles. The lowest BCUT2D eigenvalue weighted by Crippen LogP contribution is -2.23. The smallest absolute Gasteiger partial charge is 0.344 e. The van der Waals surface area contributed by atoms with Crippen molar-refractivity contribution in [3.05, 3.63) is 29.3 Å². The molecule has 0 aliphatic rings. The van der Waals surface area contributed by atoms with Gasteiger partial charge in [0.2, 0.25) is 0 Å². The van der Waals surface area contributed by atoms with Crippen LogP contribution in [0, 0.1) is 6.92 Å². The fraction of sp³-hybridized carbons (Fsp3) is 0.273. The van der Waals surface area contributed by atoms with Crippen LogP contribution in [0.15, 0.2) is 18.2 Å². The molecule has 0 bridgehead atoms. The lowest BCUT2D eigenvalue weighted by Gasteiger charge is -2.13. The highest BCUT2D eigenvalue weighted by Gasteiger charge is 2.17. The maximum atomic E-state index is 10.9. The van der Waals surface area contributed by atoms with Gasteiger partial charge in [0, 0.05) is 0 Å². The van der Waals surface area contributed by atoms with Gasteiger partial charge in [-0.25, -0.2) is 9.59 Å². The van der Waals surface area contributed by atoms with Crippen LogP contribution in [0.3, 0.4) is 0 Å². The standard InChI is InChI=1S/C11H12O5/c1-6-3-4-8(11(14)15)9(5-6)16-7(2)10(12)13/h3-5,7H,1-2H3,(H,12,13)(H,14,15). The van der Waals surface area contributed by atoms with Gasteiger partial charge >= 0.3 is 11.9 Å². The van der Waals surface area contributed by atoms with Gasteiger partial charge in [-0.3, -0.25) is 0 Å². The van der Waals surface area contributed by atoms with E-state index in [9.17, 15) is 9.59 Å². The van der Waals surface area contributed by atoms with Crippen molar-refractivity contribution >= 4 is 11.9 Å². The summed E-state index contributed by atoms with van der Waals surface area (Å²) < 4.78 is 5.07. The Balaban J connectivity index is 3.05. The number of hydrogen-bond acceptors (Lipinski definition) is 3. The monoisotopic (exact) mass is 224 g/mol. The molecule has 1 aromatic rings. The molecule has 1 aromatic carbocycles. The Morgan fingerprint density at radius 3 is 2.44 bits per heavy atom. The van der Waals surface area contributed by atoms with Crippen molar-refractivity contribution in [1.29, 1.82) is 0 Å². The zero-order chi connectivity index (χ0) is 12.3. The van der Waals surface area contributed by atoms with Crippen LogP contribution in [0.1, 0.15) is 22.8 Å². The van der Waals surface area contributed by atoms with E-state index < -0.39 is 18.0 Å². The number of carboxylic acids is 2. The summed E-state index contributed by atoms with van der Waals surface area (Å²) in [7, 11) is 0. The number of aromatic carboxylic acids is 1. The van der Waals surface area contributed by atoms with Crippen LogP contribution in [0.5, 0.6) is 5.75 Å². The maximum Gasteiger partial charge on any atom is 0.344 e. The van der Waals surface area contributed by atoms with E-state index in [1.54, 1.807) is 13.0 Å². The molecule has 0 saturated carbocycles. The predicted molar refractivity (Wildman–Crippen MR) is 55.9 cm³/mol.